The molecule has 2 saturated heterocycles. The normalized spacial score (nSPS) is 47.0. The van der Waals surface area contributed by atoms with E-state index in [0.29, 0.717) is 30.3 Å². The van der Waals surface area contributed by atoms with Crippen molar-refractivity contribution < 1.29 is 9.47 Å². The van der Waals surface area contributed by atoms with Gasteiger partial charge in [0, 0.05) is 12.8 Å². The van der Waals surface area contributed by atoms with Crippen LogP contribution in [0.2, 0.25) is 0 Å². The van der Waals surface area contributed by atoms with E-state index in [1.54, 1.807) is 0 Å². The van der Waals surface area contributed by atoms with Crippen molar-refractivity contribution in [2.75, 3.05) is 0 Å². The van der Waals surface area contributed by atoms with Crippen molar-refractivity contribution in [2.45, 2.75) is 58.0 Å². The molecule has 4 unspecified atom stereocenters. The van der Waals surface area contributed by atoms with E-state index < -0.39 is 0 Å². The molecule has 4 atom stereocenters. The second-order valence-electron chi connectivity index (χ2n) is 4.41. The molecule has 0 saturated carbocycles. The van der Waals surface area contributed by atoms with E-state index in [1.807, 2.05) is 0 Å². The lowest BCUT2D eigenvalue weighted by atomic mass is 10.0. The van der Waals surface area contributed by atoms with Crippen LogP contribution in [0.4, 0.5) is 0 Å². The van der Waals surface area contributed by atoms with Crippen molar-refractivity contribution in [3.05, 3.63) is 0 Å². The van der Waals surface area contributed by atoms with Gasteiger partial charge >= 0.3 is 0 Å². The molecule has 70 valence electrons. The number of hydrogen-bond acceptors (Lipinski definition) is 2. The zero-order chi connectivity index (χ0) is 8.72. The van der Waals surface area contributed by atoms with Crippen molar-refractivity contribution in [2.24, 2.45) is 5.92 Å². The van der Waals surface area contributed by atoms with Crippen molar-refractivity contribution in [3.63, 3.8) is 0 Å². The zero-order valence-corrected chi connectivity index (χ0v) is 8.12. The minimum absolute atomic E-state index is 0.396. The Labute approximate surface area is 74.2 Å². The van der Waals surface area contributed by atoms with E-state index in [1.165, 1.54) is 0 Å². The summed E-state index contributed by atoms with van der Waals surface area (Å²) >= 11 is 0. The third kappa shape index (κ3) is 1.38. The average molecular weight is 170 g/mol. The third-order valence-corrected chi connectivity index (χ3v) is 2.94. The highest BCUT2D eigenvalue weighted by molar-refractivity contribution is 4.90. The van der Waals surface area contributed by atoms with E-state index in [9.17, 15) is 0 Å². The topological polar surface area (TPSA) is 18.5 Å². The molecule has 0 spiro atoms. The lowest BCUT2D eigenvalue weighted by molar-refractivity contribution is 0.0175. The Morgan fingerprint density at radius 3 is 2.33 bits per heavy atom. The summed E-state index contributed by atoms with van der Waals surface area (Å²) in [6.45, 7) is 6.57. The summed E-state index contributed by atoms with van der Waals surface area (Å²) < 4.78 is 11.6. The molecule has 2 heterocycles. The van der Waals surface area contributed by atoms with Gasteiger partial charge in [-0.05, 0) is 12.8 Å². The molecule has 0 N–H and O–H groups in total. The quantitative estimate of drug-likeness (QED) is 0.599. The van der Waals surface area contributed by atoms with Gasteiger partial charge < -0.3 is 9.47 Å². The molecule has 0 aromatic rings. The molecule has 0 aromatic carbocycles. The highest BCUT2D eigenvalue weighted by Crippen LogP contribution is 2.36. The molecule has 2 nitrogen and oxygen atoms in total. The van der Waals surface area contributed by atoms with Crippen molar-refractivity contribution in [1.29, 1.82) is 0 Å². The largest absolute Gasteiger partial charge is 0.372 e. The zero-order valence-electron chi connectivity index (χ0n) is 8.12. The van der Waals surface area contributed by atoms with Gasteiger partial charge in [0.15, 0.2) is 0 Å². The van der Waals surface area contributed by atoms with Gasteiger partial charge in [-0.25, -0.2) is 0 Å². The number of rotatable bonds is 1. The summed E-state index contributed by atoms with van der Waals surface area (Å²) in [7, 11) is 0. The molecule has 0 amide bonds. The van der Waals surface area contributed by atoms with E-state index >= 15 is 0 Å². The lowest BCUT2D eigenvalue weighted by Gasteiger charge is -2.16. The third-order valence-electron chi connectivity index (χ3n) is 2.94. The summed E-state index contributed by atoms with van der Waals surface area (Å²) in [6, 6.07) is 0. The second kappa shape index (κ2) is 3.00. The Kier molecular flexibility index (Phi) is 2.13. The van der Waals surface area contributed by atoms with Gasteiger partial charge in [0.2, 0.25) is 0 Å². The predicted octanol–water partition coefficient (Wildman–Crippen LogP) is 1.98. The number of ether oxygens (including phenoxy) is 2. The molecule has 0 aliphatic carbocycles. The first-order chi connectivity index (χ1) is 5.66. The van der Waals surface area contributed by atoms with E-state index in [0.717, 1.165) is 12.8 Å². The molecule has 2 fully saturated rings. The average Bonchev–Trinajstić information content (AvgIpc) is 2.42. The summed E-state index contributed by atoms with van der Waals surface area (Å²) in [6.07, 6.45) is 3.83. The summed E-state index contributed by atoms with van der Waals surface area (Å²) in [5.41, 5.74) is 0. The highest BCUT2D eigenvalue weighted by atomic mass is 16.6. The molecule has 2 aliphatic rings. The maximum absolute atomic E-state index is 5.89. The first-order valence-electron chi connectivity index (χ1n) is 4.97. The maximum Gasteiger partial charge on any atom is 0.0866 e. The van der Waals surface area contributed by atoms with Crippen LogP contribution in [-0.2, 0) is 9.47 Å². The summed E-state index contributed by atoms with van der Waals surface area (Å²) in [5, 5.41) is 0. The van der Waals surface area contributed by atoms with Crippen LogP contribution in [0.3, 0.4) is 0 Å². The Morgan fingerprint density at radius 2 is 1.75 bits per heavy atom. The van der Waals surface area contributed by atoms with Gasteiger partial charge in [-0.2, -0.15) is 0 Å². The SMILES string of the molecule is CC1CC2OC(C(C)C)CC2O1. The molecular formula is C10H18O2. The standard InChI is InChI=1S/C10H18O2/c1-6(2)8-5-10-9(12-8)4-7(3)11-10/h6-10H,4-5H2,1-3H3. The fourth-order valence-electron chi connectivity index (χ4n) is 2.21. The molecule has 12 heavy (non-hydrogen) atoms. The van der Waals surface area contributed by atoms with Gasteiger partial charge in [0.05, 0.1) is 24.4 Å². The Hall–Kier alpha value is -0.0800. The molecule has 0 radical (unpaired) electrons. The van der Waals surface area contributed by atoms with E-state index in [4.69, 9.17) is 9.47 Å². The van der Waals surface area contributed by atoms with Crippen LogP contribution >= 0.6 is 0 Å². The molecule has 2 heteroatoms. The first kappa shape index (κ1) is 8.52. The van der Waals surface area contributed by atoms with Gasteiger partial charge in [0.1, 0.15) is 0 Å². The number of hydrogen-bond donors (Lipinski definition) is 0. The van der Waals surface area contributed by atoms with Crippen LogP contribution in [0.1, 0.15) is 33.6 Å². The minimum atomic E-state index is 0.396. The Bertz CT molecular complexity index is 153. The molecule has 2 aliphatic heterocycles. The molecular weight excluding hydrogens is 152 g/mol. The Morgan fingerprint density at radius 1 is 1.08 bits per heavy atom. The van der Waals surface area contributed by atoms with E-state index in [-0.39, 0.29) is 0 Å². The lowest BCUT2D eigenvalue weighted by Crippen LogP contribution is -2.17. The van der Waals surface area contributed by atoms with Crippen molar-refractivity contribution >= 4 is 0 Å². The van der Waals surface area contributed by atoms with Crippen molar-refractivity contribution in [1.82, 2.24) is 0 Å². The van der Waals surface area contributed by atoms with Gasteiger partial charge in [-0.15, -0.1) is 0 Å². The van der Waals surface area contributed by atoms with Crippen LogP contribution in [0.15, 0.2) is 0 Å². The van der Waals surface area contributed by atoms with Crippen LogP contribution in [-0.4, -0.2) is 24.4 Å². The summed E-state index contributed by atoms with van der Waals surface area (Å²) in [4.78, 5) is 0. The molecule has 0 aromatic heterocycles. The van der Waals surface area contributed by atoms with Gasteiger partial charge in [-0.1, -0.05) is 13.8 Å². The van der Waals surface area contributed by atoms with Gasteiger partial charge in [0.25, 0.3) is 0 Å². The molecule has 0 bridgehead atoms. The van der Waals surface area contributed by atoms with Gasteiger partial charge in [-0.3, -0.25) is 0 Å². The summed E-state index contributed by atoms with van der Waals surface area (Å²) in [5.74, 6) is 0.634. The van der Waals surface area contributed by atoms with Crippen LogP contribution in [0.25, 0.3) is 0 Å². The fraction of sp³-hybridized carbons (Fsp3) is 1.00. The Balaban J connectivity index is 1.93. The minimum Gasteiger partial charge on any atom is -0.372 e. The monoisotopic (exact) mass is 170 g/mol. The highest BCUT2D eigenvalue weighted by Gasteiger charge is 2.43. The maximum atomic E-state index is 5.89. The predicted molar refractivity (Wildman–Crippen MR) is 47.1 cm³/mol. The first-order valence-corrected chi connectivity index (χ1v) is 4.97. The van der Waals surface area contributed by atoms with Crippen LogP contribution in [0.5, 0.6) is 0 Å². The fourth-order valence-corrected chi connectivity index (χ4v) is 2.21. The van der Waals surface area contributed by atoms with Crippen LogP contribution < -0.4 is 0 Å². The smallest absolute Gasteiger partial charge is 0.0866 e. The van der Waals surface area contributed by atoms with Crippen molar-refractivity contribution in [3.8, 4) is 0 Å². The second-order valence-corrected chi connectivity index (χ2v) is 4.41. The van der Waals surface area contributed by atoms with E-state index in [2.05, 4.69) is 20.8 Å². The number of fused-ring (bicyclic) bond motifs is 1. The molecule has 2 rings (SSSR count). The van der Waals surface area contributed by atoms with Crippen LogP contribution in [0, 0.1) is 5.92 Å².